The van der Waals surface area contributed by atoms with E-state index in [2.05, 4.69) is 5.32 Å². The lowest BCUT2D eigenvalue weighted by molar-refractivity contribution is 0.355. The summed E-state index contributed by atoms with van der Waals surface area (Å²) in [6.07, 6.45) is 0. The normalized spacial score (nSPS) is 9.80. The van der Waals surface area contributed by atoms with Gasteiger partial charge in [0, 0.05) is 25.2 Å². The number of nitrogens with one attached hydrogen (secondary N) is 1. The topological polar surface area (TPSA) is 82.5 Å². The second-order valence-electron chi connectivity index (χ2n) is 3.01. The third-order valence-electron chi connectivity index (χ3n) is 2.02. The Hall–Kier alpha value is -1.62. The molecule has 0 unspecified atom stereocenters. The molecule has 0 aromatic heterocycles. The Labute approximate surface area is 89.3 Å². The lowest BCUT2D eigenvalue weighted by Crippen LogP contribution is -2.14. The summed E-state index contributed by atoms with van der Waals surface area (Å²) in [7, 11) is 3.16. The third kappa shape index (κ3) is 2.66. The van der Waals surface area contributed by atoms with E-state index in [0.29, 0.717) is 30.3 Å². The lowest BCUT2D eigenvalue weighted by Gasteiger charge is -2.13. The number of hydrogen-bond acceptors (Lipinski definition) is 5. The Morgan fingerprint density at radius 2 is 1.80 bits per heavy atom. The molecule has 0 atom stereocenters. The van der Waals surface area contributed by atoms with Crippen LogP contribution in [0.3, 0.4) is 0 Å². The highest BCUT2D eigenvalue weighted by Gasteiger charge is 2.08. The molecule has 5 heteroatoms. The molecule has 1 aromatic rings. The number of hydrogen-bond donors (Lipinski definition) is 3. The number of methoxy groups -OCH3 is 2. The minimum Gasteiger partial charge on any atom is -0.493 e. The minimum atomic E-state index is 0.549. The van der Waals surface area contributed by atoms with Crippen LogP contribution in [-0.2, 0) is 0 Å². The summed E-state index contributed by atoms with van der Waals surface area (Å²) in [4.78, 5) is 0. The molecular weight excluding hydrogens is 194 g/mol. The lowest BCUT2D eigenvalue weighted by atomic mass is 10.2. The molecule has 0 heterocycles. The van der Waals surface area contributed by atoms with Gasteiger partial charge >= 0.3 is 0 Å². The standard InChI is InChI=1S/C10H17N3O2/c1-14-9-5-7(12)8(13-4-3-11)6-10(9)15-2/h5-6,13H,3-4,11-12H2,1-2H3. The van der Waals surface area contributed by atoms with E-state index in [0.717, 1.165) is 5.69 Å². The number of nitrogen functional groups attached to an aromatic ring is 1. The van der Waals surface area contributed by atoms with Crippen molar-refractivity contribution >= 4 is 11.4 Å². The van der Waals surface area contributed by atoms with E-state index in [1.807, 2.05) is 0 Å². The van der Waals surface area contributed by atoms with Crippen LogP contribution >= 0.6 is 0 Å². The monoisotopic (exact) mass is 211 g/mol. The molecule has 0 aliphatic heterocycles. The third-order valence-corrected chi connectivity index (χ3v) is 2.02. The number of nitrogens with two attached hydrogens (primary N) is 2. The Balaban J connectivity index is 2.97. The zero-order valence-electron chi connectivity index (χ0n) is 9.04. The Bertz CT molecular complexity index is 329. The molecule has 0 aliphatic rings. The van der Waals surface area contributed by atoms with Crippen molar-refractivity contribution in [3.05, 3.63) is 12.1 Å². The van der Waals surface area contributed by atoms with Crippen LogP contribution in [0.5, 0.6) is 11.5 Å². The van der Waals surface area contributed by atoms with E-state index in [1.54, 1.807) is 26.4 Å². The molecule has 0 radical (unpaired) electrons. The smallest absolute Gasteiger partial charge is 0.162 e. The van der Waals surface area contributed by atoms with Crippen molar-refractivity contribution in [1.82, 2.24) is 0 Å². The van der Waals surface area contributed by atoms with E-state index < -0.39 is 0 Å². The van der Waals surface area contributed by atoms with Gasteiger partial charge in [0.15, 0.2) is 11.5 Å². The minimum absolute atomic E-state index is 0.549. The second-order valence-corrected chi connectivity index (χ2v) is 3.01. The summed E-state index contributed by atoms with van der Waals surface area (Å²) in [5, 5.41) is 3.10. The molecule has 0 spiro atoms. The van der Waals surface area contributed by atoms with Gasteiger partial charge in [-0.15, -0.1) is 0 Å². The fourth-order valence-electron chi connectivity index (χ4n) is 1.25. The largest absolute Gasteiger partial charge is 0.493 e. The molecule has 15 heavy (non-hydrogen) atoms. The molecular formula is C10H17N3O2. The van der Waals surface area contributed by atoms with Crippen LogP contribution in [0.2, 0.25) is 0 Å². The Kier molecular flexibility index (Phi) is 4.05. The fraction of sp³-hybridized carbons (Fsp3) is 0.400. The van der Waals surface area contributed by atoms with Crippen molar-refractivity contribution in [2.24, 2.45) is 5.73 Å². The van der Waals surface area contributed by atoms with Gasteiger partial charge < -0.3 is 26.3 Å². The highest BCUT2D eigenvalue weighted by atomic mass is 16.5. The van der Waals surface area contributed by atoms with Crippen molar-refractivity contribution < 1.29 is 9.47 Å². The van der Waals surface area contributed by atoms with Crippen LogP contribution in [0.25, 0.3) is 0 Å². The molecule has 0 saturated heterocycles. The molecule has 1 rings (SSSR count). The zero-order valence-corrected chi connectivity index (χ0v) is 9.04. The fourth-order valence-corrected chi connectivity index (χ4v) is 1.25. The van der Waals surface area contributed by atoms with Crippen molar-refractivity contribution in [2.75, 3.05) is 38.4 Å². The van der Waals surface area contributed by atoms with E-state index >= 15 is 0 Å². The van der Waals surface area contributed by atoms with Crippen molar-refractivity contribution in [2.45, 2.75) is 0 Å². The predicted molar refractivity (Wildman–Crippen MR) is 61.5 cm³/mol. The van der Waals surface area contributed by atoms with Crippen LogP contribution in [0.15, 0.2) is 12.1 Å². The van der Waals surface area contributed by atoms with E-state index in [9.17, 15) is 0 Å². The molecule has 0 bridgehead atoms. The molecule has 0 fully saturated rings. The van der Waals surface area contributed by atoms with Gasteiger partial charge in [0.2, 0.25) is 0 Å². The van der Waals surface area contributed by atoms with Gasteiger partial charge in [0.05, 0.1) is 25.6 Å². The van der Waals surface area contributed by atoms with Gasteiger partial charge in [-0.3, -0.25) is 0 Å². The number of anilines is 2. The highest BCUT2D eigenvalue weighted by molar-refractivity contribution is 5.72. The van der Waals surface area contributed by atoms with E-state index in [4.69, 9.17) is 20.9 Å². The van der Waals surface area contributed by atoms with E-state index in [1.165, 1.54) is 0 Å². The summed E-state index contributed by atoms with van der Waals surface area (Å²) in [5.41, 5.74) is 12.6. The first-order valence-corrected chi connectivity index (χ1v) is 4.68. The van der Waals surface area contributed by atoms with Crippen LogP contribution in [0, 0.1) is 0 Å². The van der Waals surface area contributed by atoms with Gasteiger partial charge in [-0.1, -0.05) is 0 Å². The Morgan fingerprint density at radius 1 is 1.20 bits per heavy atom. The van der Waals surface area contributed by atoms with E-state index in [-0.39, 0.29) is 0 Å². The average Bonchev–Trinajstić information content (AvgIpc) is 2.27. The molecule has 5 nitrogen and oxygen atoms in total. The number of benzene rings is 1. The van der Waals surface area contributed by atoms with Crippen LogP contribution in [0.4, 0.5) is 11.4 Å². The first kappa shape index (κ1) is 11.5. The van der Waals surface area contributed by atoms with Gasteiger partial charge in [0.25, 0.3) is 0 Å². The predicted octanol–water partition coefficient (Wildman–Crippen LogP) is 0.657. The maximum Gasteiger partial charge on any atom is 0.162 e. The van der Waals surface area contributed by atoms with Crippen LogP contribution < -0.4 is 26.3 Å². The zero-order chi connectivity index (χ0) is 11.3. The van der Waals surface area contributed by atoms with Crippen molar-refractivity contribution in [1.29, 1.82) is 0 Å². The first-order chi connectivity index (χ1) is 7.22. The van der Waals surface area contributed by atoms with Gasteiger partial charge in [-0.05, 0) is 0 Å². The molecule has 5 N–H and O–H groups in total. The maximum atomic E-state index is 5.82. The van der Waals surface area contributed by atoms with Gasteiger partial charge in [0.1, 0.15) is 0 Å². The first-order valence-electron chi connectivity index (χ1n) is 4.68. The number of rotatable bonds is 5. The molecule has 0 saturated carbocycles. The SMILES string of the molecule is COc1cc(N)c(NCCN)cc1OC. The average molecular weight is 211 g/mol. The van der Waals surface area contributed by atoms with Gasteiger partial charge in [-0.2, -0.15) is 0 Å². The molecule has 0 aliphatic carbocycles. The maximum absolute atomic E-state index is 5.82. The molecule has 0 amide bonds. The van der Waals surface area contributed by atoms with Crippen LogP contribution in [0.1, 0.15) is 0 Å². The van der Waals surface area contributed by atoms with Crippen LogP contribution in [-0.4, -0.2) is 27.3 Å². The second kappa shape index (κ2) is 5.31. The quantitative estimate of drug-likeness (QED) is 0.623. The highest BCUT2D eigenvalue weighted by Crippen LogP contribution is 2.34. The molecule has 84 valence electrons. The summed E-state index contributed by atoms with van der Waals surface area (Å²) in [6, 6.07) is 3.52. The van der Waals surface area contributed by atoms with Gasteiger partial charge in [-0.25, -0.2) is 0 Å². The summed E-state index contributed by atoms with van der Waals surface area (Å²) >= 11 is 0. The number of ether oxygens (including phenoxy) is 2. The Morgan fingerprint density at radius 3 is 2.33 bits per heavy atom. The molecule has 1 aromatic carbocycles. The summed E-state index contributed by atoms with van der Waals surface area (Å²) < 4.78 is 10.3. The van der Waals surface area contributed by atoms with Crippen molar-refractivity contribution in [3.8, 4) is 11.5 Å². The van der Waals surface area contributed by atoms with Crippen molar-refractivity contribution in [3.63, 3.8) is 0 Å². The summed E-state index contributed by atoms with van der Waals surface area (Å²) in [5.74, 6) is 1.26. The summed E-state index contributed by atoms with van der Waals surface area (Å²) in [6.45, 7) is 1.22.